The summed E-state index contributed by atoms with van der Waals surface area (Å²) in [5.74, 6) is 0. The second-order valence-electron chi connectivity index (χ2n) is 2.70. The van der Waals surface area contributed by atoms with Gasteiger partial charge in [0.1, 0.15) is 0 Å². The van der Waals surface area contributed by atoms with E-state index >= 15 is 0 Å². The molecule has 9 heavy (non-hydrogen) atoms. The van der Waals surface area contributed by atoms with Gasteiger partial charge in [0.25, 0.3) is 0 Å². The fourth-order valence-corrected chi connectivity index (χ4v) is 1.40. The summed E-state index contributed by atoms with van der Waals surface area (Å²) in [7, 11) is 0. The molecule has 1 aliphatic carbocycles. The van der Waals surface area contributed by atoms with Crippen LogP contribution in [0.25, 0.3) is 0 Å². The summed E-state index contributed by atoms with van der Waals surface area (Å²) in [5, 5.41) is 0.326. The molecule has 0 fully saturated rings. The zero-order valence-electron chi connectivity index (χ0n) is 5.86. The molecule has 0 aromatic carbocycles. The van der Waals surface area contributed by atoms with Crippen LogP contribution in [0.3, 0.4) is 0 Å². The van der Waals surface area contributed by atoms with E-state index in [1.807, 2.05) is 0 Å². The van der Waals surface area contributed by atoms with Crippen molar-refractivity contribution >= 4 is 11.6 Å². The maximum atomic E-state index is 6.00. The maximum absolute atomic E-state index is 6.00. The van der Waals surface area contributed by atoms with Gasteiger partial charge < -0.3 is 0 Å². The fraction of sp³-hybridized carbons (Fsp3) is 0.750. The lowest BCUT2D eigenvalue weighted by molar-refractivity contribution is 0.715. The van der Waals surface area contributed by atoms with E-state index in [0.29, 0.717) is 5.38 Å². The van der Waals surface area contributed by atoms with Crippen molar-refractivity contribution in [3.63, 3.8) is 0 Å². The minimum absolute atomic E-state index is 0.326. The van der Waals surface area contributed by atoms with Gasteiger partial charge in [-0.25, -0.2) is 0 Å². The highest BCUT2D eigenvalue weighted by Gasteiger charge is 2.08. The molecule has 0 bridgehead atoms. The predicted molar refractivity (Wildman–Crippen MR) is 41.9 cm³/mol. The highest BCUT2D eigenvalue weighted by Crippen LogP contribution is 2.21. The zero-order chi connectivity index (χ0) is 6.69. The van der Waals surface area contributed by atoms with E-state index in [9.17, 15) is 0 Å². The molecule has 0 saturated carbocycles. The third-order valence-corrected chi connectivity index (χ3v) is 2.43. The van der Waals surface area contributed by atoms with E-state index in [0.717, 1.165) is 0 Å². The minimum Gasteiger partial charge on any atom is -0.118 e. The normalized spacial score (nSPS) is 29.1. The highest BCUT2D eigenvalue weighted by atomic mass is 35.5. The number of allylic oxidation sites excluding steroid dienone is 2. The van der Waals surface area contributed by atoms with Crippen LogP contribution in [0, 0.1) is 0 Å². The van der Waals surface area contributed by atoms with Gasteiger partial charge >= 0.3 is 0 Å². The molecule has 0 aromatic rings. The first kappa shape index (κ1) is 7.14. The first-order valence-corrected chi connectivity index (χ1v) is 4.05. The van der Waals surface area contributed by atoms with Crippen molar-refractivity contribution in [3.05, 3.63) is 11.6 Å². The van der Waals surface area contributed by atoms with Crippen molar-refractivity contribution in [2.45, 2.75) is 38.0 Å². The third-order valence-electron chi connectivity index (χ3n) is 1.87. The quantitative estimate of drug-likeness (QED) is 0.362. The summed E-state index contributed by atoms with van der Waals surface area (Å²) in [6, 6.07) is 0. The number of hydrogen-bond acceptors (Lipinski definition) is 0. The molecular formula is C8H13Cl. The molecule has 0 radical (unpaired) electrons. The Morgan fingerprint density at radius 3 is 3.11 bits per heavy atom. The molecule has 0 spiro atoms. The third kappa shape index (κ3) is 2.02. The molecular weight excluding hydrogens is 132 g/mol. The first-order valence-electron chi connectivity index (χ1n) is 3.61. The van der Waals surface area contributed by atoms with Gasteiger partial charge in [0.2, 0.25) is 0 Å². The van der Waals surface area contributed by atoms with Crippen LogP contribution in [0.5, 0.6) is 0 Å². The lowest BCUT2D eigenvalue weighted by Gasteiger charge is -2.04. The van der Waals surface area contributed by atoms with Crippen LogP contribution in [-0.2, 0) is 0 Å². The van der Waals surface area contributed by atoms with Crippen LogP contribution in [-0.4, -0.2) is 5.38 Å². The van der Waals surface area contributed by atoms with Crippen molar-refractivity contribution in [2.24, 2.45) is 0 Å². The van der Waals surface area contributed by atoms with Crippen LogP contribution in [0.2, 0.25) is 0 Å². The van der Waals surface area contributed by atoms with E-state index in [4.69, 9.17) is 11.6 Å². The Hall–Kier alpha value is 0.0300. The van der Waals surface area contributed by atoms with Crippen molar-refractivity contribution < 1.29 is 0 Å². The standard InChI is InChI=1S/C8H13Cl/c1-7-5-3-2-4-6-8(7)9/h5,8H,2-4,6H2,1H3. The van der Waals surface area contributed by atoms with Crippen LogP contribution < -0.4 is 0 Å². The van der Waals surface area contributed by atoms with E-state index in [1.54, 1.807) is 0 Å². The fourth-order valence-electron chi connectivity index (χ4n) is 1.15. The minimum atomic E-state index is 0.326. The summed E-state index contributed by atoms with van der Waals surface area (Å²) in [6.45, 7) is 2.13. The zero-order valence-corrected chi connectivity index (χ0v) is 6.62. The molecule has 1 aliphatic rings. The molecule has 0 aliphatic heterocycles. The van der Waals surface area contributed by atoms with E-state index in [1.165, 1.54) is 31.3 Å². The Kier molecular flexibility index (Phi) is 2.59. The Labute approximate surface area is 61.9 Å². The molecule has 1 heteroatoms. The smallest absolute Gasteiger partial charge is 0.0542 e. The van der Waals surface area contributed by atoms with E-state index in [2.05, 4.69) is 13.0 Å². The molecule has 0 nitrogen and oxygen atoms in total. The largest absolute Gasteiger partial charge is 0.118 e. The van der Waals surface area contributed by atoms with Crippen LogP contribution in [0.4, 0.5) is 0 Å². The molecule has 0 N–H and O–H groups in total. The van der Waals surface area contributed by atoms with Gasteiger partial charge in [-0.05, 0) is 26.2 Å². The summed E-state index contributed by atoms with van der Waals surface area (Å²) < 4.78 is 0. The van der Waals surface area contributed by atoms with Gasteiger partial charge in [0.05, 0.1) is 5.38 Å². The van der Waals surface area contributed by atoms with Crippen molar-refractivity contribution in [3.8, 4) is 0 Å². The van der Waals surface area contributed by atoms with Gasteiger partial charge in [0, 0.05) is 0 Å². The van der Waals surface area contributed by atoms with Gasteiger partial charge in [-0.1, -0.05) is 18.1 Å². The van der Waals surface area contributed by atoms with Crippen LogP contribution >= 0.6 is 11.6 Å². The number of halogens is 1. The summed E-state index contributed by atoms with van der Waals surface area (Å²) >= 11 is 6.00. The molecule has 0 saturated heterocycles. The Balaban J connectivity index is 2.51. The van der Waals surface area contributed by atoms with Gasteiger partial charge in [-0.2, -0.15) is 0 Å². The molecule has 1 rings (SSSR count). The molecule has 1 unspecified atom stereocenters. The highest BCUT2D eigenvalue weighted by molar-refractivity contribution is 6.22. The summed E-state index contributed by atoms with van der Waals surface area (Å²) in [6.07, 6.45) is 7.28. The summed E-state index contributed by atoms with van der Waals surface area (Å²) in [4.78, 5) is 0. The van der Waals surface area contributed by atoms with Crippen molar-refractivity contribution in [1.29, 1.82) is 0 Å². The van der Waals surface area contributed by atoms with Crippen molar-refractivity contribution in [1.82, 2.24) is 0 Å². The molecule has 52 valence electrons. The average Bonchev–Trinajstić information content (AvgIpc) is 1.99. The number of alkyl halides is 1. The van der Waals surface area contributed by atoms with Crippen LogP contribution in [0.15, 0.2) is 11.6 Å². The molecule has 0 heterocycles. The lowest BCUT2D eigenvalue weighted by atomic mass is 10.1. The van der Waals surface area contributed by atoms with Crippen molar-refractivity contribution in [2.75, 3.05) is 0 Å². The van der Waals surface area contributed by atoms with Gasteiger partial charge in [-0.15, -0.1) is 11.6 Å². The lowest BCUT2D eigenvalue weighted by Crippen LogP contribution is -1.96. The number of rotatable bonds is 0. The Bertz CT molecular complexity index is 116. The topological polar surface area (TPSA) is 0 Å². The monoisotopic (exact) mass is 144 g/mol. The second kappa shape index (κ2) is 3.26. The van der Waals surface area contributed by atoms with Gasteiger partial charge in [-0.3, -0.25) is 0 Å². The van der Waals surface area contributed by atoms with Crippen LogP contribution in [0.1, 0.15) is 32.6 Å². The van der Waals surface area contributed by atoms with Gasteiger partial charge in [0.15, 0.2) is 0 Å². The first-order chi connectivity index (χ1) is 4.30. The van der Waals surface area contributed by atoms with E-state index in [-0.39, 0.29) is 0 Å². The Morgan fingerprint density at radius 1 is 1.56 bits per heavy atom. The molecule has 0 amide bonds. The predicted octanol–water partition coefficient (Wildman–Crippen LogP) is 3.11. The summed E-state index contributed by atoms with van der Waals surface area (Å²) in [5.41, 5.74) is 1.37. The second-order valence-corrected chi connectivity index (χ2v) is 3.23. The maximum Gasteiger partial charge on any atom is 0.0542 e. The Morgan fingerprint density at radius 2 is 2.33 bits per heavy atom. The molecule has 0 aromatic heterocycles. The van der Waals surface area contributed by atoms with E-state index < -0.39 is 0 Å². The average molecular weight is 145 g/mol. The SMILES string of the molecule is CC1=CCCCCC1Cl. The number of hydrogen-bond donors (Lipinski definition) is 0. The molecule has 1 atom stereocenters.